The predicted molar refractivity (Wildman–Crippen MR) is 92.1 cm³/mol. The molecule has 1 aromatic rings. The molecule has 5 heteroatoms. The molecule has 128 valence electrons. The highest BCUT2D eigenvalue weighted by molar-refractivity contribution is 5.42. The SMILES string of the molecule is COc1cc(C(CN2CCCC2)N2CCNC(C)C2)ccc1O. The summed E-state index contributed by atoms with van der Waals surface area (Å²) in [5, 5.41) is 13.4. The monoisotopic (exact) mass is 319 g/mol. The minimum absolute atomic E-state index is 0.213. The van der Waals surface area contributed by atoms with Crippen molar-refractivity contribution in [1.29, 1.82) is 0 Å². The van der Waals surface area contributed by atoms with Crippen molar-refractivity contribution >= 4 is 0 Å². The molecule has 1 aromatic carbocycles. The molecule has 2 unspecified atom stereocenters. The lowest BCUT2D eigenvalue weighted by molar-refractivity contribution is 0.117. The Bertz CT molecular complexity index is 517. The summed E-state index contributed by atoms with van der Waals surface area (Å²) >= 11 is 0. The van der Waals surface area contributed by atoms with E-state index in [9.17, 15) is 5.11 Å². The number of nitrogens with zero attached hydrogens (tertiary/aromatic N) is 2. The van der Waals surface area contributed by atoms with Gasteiger partial charge in [-0.3, -0.25) is 4.90 Å². The maximum Gasteiger partial charge on any atom is 0.160 e. The van der Waals surface area contributed by atoms with Crippen LogP contribution in [0.5, 0.6) is 11.5 Å². The number of aromatic hydroxyl groups is 1. The molecule has 2 N–H and O–H groups in total. The van der Waals surface area contributed by atoms with Gasteiger partial charge in [-0.25, -0.2) is 0 Å². The summed E-state index contributed by atoms with van der Waals surface area (Å²) in [5.74, 6) is 0.780. The summed E-state index contributed by atoms with van der Waals surface area (Å²) in [6, 6.07) is 6.68. The molecule has 2 fully saturated rings. The molecule has 0 radical (unpaired) electrons. The fourth-order valence-corrected chi connectivity index (χ4v) is 3.79. The Morgan fingerprint density at radius 1 is 1.30 bits per heavy atom. The first kappa shape index (κ1) is 16.6. The van der Waals surface area contributed by atoms with Gasteiger partial charge in [0.15, 0.2) is 11.5 Å². The third-order valence-electron chi connectivity index (χ3n) is 5.06. The summed E-state index contributed by atoms with van der Waals surface area (Å²) in [5.41, 5.74) is 1.24. The molecule has 2 saturated heterocycles. The Morgan fingerprint density at radius 2 is 2.09 bits per heavy atom. The molecule has 2 aliphatic heterocycles. The van der Waals surface area contributed by atoms with Gasteiger partial charge in [0.1, 0.15) is 0 Å². The van der Waals surface area contributed by atoms with Crippen molar-refractivity contribution in [2.45, 2.75) is 31.8 Å². The van der Waals surface area contributed by atoms with Gasteiger partial charge in [0.2, 0.25) is 0 Å². The number of hydrogen-bond donors (Lipinski definition) is 2. The molecular weight excluding hydrogens is 290 g/mol. The quantitative estimate of drug-likeness (QED) is 0.867. The molecule has 0 spiro atoms. The molecule has 2 atom stereocenters. The van der Waals surface area contributed by atoms with E-state index in [-0.39, 0.29) is 5.75 Å². The lowest BCUT2D eigenvalue weighted by Gasteiger charge is -2.39. The molecule has 2 aliphatic rings. The second-order valence-electron chi connectivity index (χ2n) is 6.80. The number of hydrogen-bond acceptors (Lipinski definition) is 5. The molecule has 0 aliphatic carbocycles. The molecule has 23 heavy (non-hydrogen) atoms. The van der Waals surface area contributed by atoms with Crippen LogP contribution in [0.4, 0.5) is 0 Å². The first-order valence-corrected chi connectivity index (χ1v) is 8.74. The zero-order valence-corrected chi connectivity index (χ0v) is 14.3. The van der Waals surface area contributed by atoms with Crippen molar-refractivity contribution in [3.05, 3.63) is 23.8 Å². The summed E-state index contributed by atoms with van der Waals surface area (Å²) in [7, 11) is 1.61. The zero-order chi connectivity index (χ0) is 16.2. The average Bonchev–Trinajstić information content (AvgIpc) is 3.06. The maximum absolute atomic E-state index is 9.89. The summed E-state index contributed by atoms with van der Waals surface area (Å²) in [6.45, 7) is 8.86. The van der Waals surface area contributed by atoms with Crippen molar-refractivity contribution < 1.29 is 9.84 Å². The first-order chi connectivity index (χ1) is 11.2. The number of phenolic OH excluding ortho intramolecular Hbond substituents is 1. The van der Waals surface area contributed by atoms with Crippen LogP contribution in [-0.2, 0) is 0 Å². The zero-order valence-electron chi connectivity index (χ0n) is 14.3. The van der Waals surface area contributed by atoms with Crippen LogP contribution in [0, 0.1) is 0 Å². The number of rotatable bonds is 5. The number of ether oxygens (including phenoxy) is 1. The number of likely N-dealkylation sites (tertiary alicyclic amines) is 1. The third-order valence-corrected chi connectivity index (χ3v) is 5.06. The predicted octanol–water partition coefficient (Wildman–Crippen LogP) is 1.83. The second-order valence-corrected chi connectivity index (χ2v) is 6.80. The van der Waals surface area contributed by atoms with E-state index in [2.05, 4.69) is 22.0 Å². The van der Waals surface area contributed by atoms with Gasteiger partial charge in [-0.2, -0.15) is 0 Å². The topological polar surface area (TPSA) is 48.0 Å². The highest BCUT2D eigenvalue weighted by Gasteiger charge is 2.28. The first-order valence-electron chi connectivity index (χ1n) is 8.74. The van der Waals surface area contributed by atoms with Gasteiger partial charge in [0.25, 0.3) is 0 Å². The number of nitrogens with one attached hydrogen (secondary N) is 1. The lowest BCUT2D eigenvalue weighted by Crippen LogP contribution is -2.52. The Kier molecular flexibility index (Phi) is 5.41. The second kappa shape index (κ2) is 7.51. The average molecular weight is 319 g/mol. The molecule has 0 bridgehead atoms. The highest BCUT2D eigenvalue weighted by Crippen LogP contribution is 2.32. The van der Waals surface area contributed by atoms with Crippen LogP contribution < -0.4 is 10.1 Å². The van der Waals surface area contributed by atoms with Crippen molar-refractivity contribution in [3.8, 4) is 11.5 Å². The van der Waals surface area contributed by atoms with E-state index in [4.69, 9.17) is 4.74 Å². The lowest BCUT2D eigenvalue weighted by atomic mass is 10.0. The van der Waals surface area contributed by atoms with Crippen molar-refractivity contribution in [2.75, 3.05) is 46.4 Å². The Hall–Kier alpha value is -1.30. The van der Waals surface area contributed by atoms with Gasteiger partial charge in [0.05, 0.1) is 7.11 Å². The fourth-order valence-electron chi connectivity index (χ4n) is 3.79. The van der Waals surface area contributed by atoms with E-state index in [0.29, 0.717) is 17.8 Å². The minimum Gasteiger partial charge on any atom is -0.504 e. The molecule has 2 heterocycles. The van der Waals surface area contributed by atoms with E-state index >= 15 is 0 Å². The van der Waals surface area contributed by atoms with Crippen LogP contribution in [0.15, 0.2) is 18.2 Å². The number of benzene rings is 1. The van der Waals surface area contributed by atoms with Crippen LogP contribution in [0.2, 0.25) is 0 Å². The van der Waals surface area contributed by atoms with Crippen molar-refractivity contribution in [2.24, 2.45) is 0 Å². The minimum atomic E-state index is 0.213. The molecule has 0 aromatic heterocycles. The van der Waals surface area contributed by atoms with E-state index in [0.717, 1.165) is 26.2 Å². The summed E-state index contributed by atoms with van der Waals surface area (Å²) in [6.07, 6.45) is 2.62. The largest absolute Gasteiger partial charge is 0.504 e. The van der Waals surface area contributed by atoms with E-state index in [1.54, 1.807) is 13.2 Å². The van der Waals surface area contributed by atoms with Crippen LogP contribution in [0.25, 0.3) is 0 Å². The van der Waals surface area contributed by atoms with Gasteiger partial charge in [-0.15, -0.1) is 0 Å². The van der Waals surface area contributed by atoms with Gasteiger partial charge >= 0.3 is 0 Å². The van der Waals surface area contributed by atoms with Crippen LogP contribution in [-0.4, -0.2) is 67.3 Å². The van der Waals surface area contributed by atoms with Crippen LogP contribution in [0.1, 0.15) is 31.4 Å². The van der Waals surface area contributed by atoms with Crippen LogP contribution >= 0.6 is 0 Å². The van der Waals surface area contributed by atoms with E-state index < -0.39 is 0 Å². The Labute approximate surface area is 139 Å². The summed E-state index contributed by atoms with van der Waals surface area (Å²) in [4.78, 5) is 5.14. The Balaban J connectivity index is 1.83. The molecule has 0 amide bonds. The molecular formula is C18H29N3O2. The standard InChI is InChI=1S/C18H29N3O2/c1-14-12-21(10-7-19-14)16(13-20-8-3-4-9-20)15-5-6-17(22)18(11-15)23-2/h5-6,11,14,16,19,22H,3-4,7-10,12-13H2,1-2H3. The molecule has 0 saturated carbocycles. The maximum atomic E-state index is 9.89. The smallest absolute Gasteiger partial charge is 0.160 e. The number of phenols is 1. The van der Waals surface area contributed by atoms with Crippen molar-refractivity contribution in [3.63, 3.8) is 0 Å². The van der Waals surface area contributed by atoms with E-state index in [1.165, 1.54) is 31.5 Å². The third kappa shape index (κ3) is 3.97. The number of piperazine rings is 1. The normalized spacial score (nSPS) is 24.7. The number of methoxy groups -OCH3 is 1. The van der Waals surface area contributed by atoms with Gasteiger partial charge < -0.3 is 20.1 Å². The Morgan fingerprint density at radius 3 is 2.78 bits per heavy atom. The van der Waals surface area contributed by atoms with Gasteiger partial charge in [0, 0.05) is 38.3 Å². The fraction of sp³-hybridized carbons (Fsp3) is 0.667. The van der Waals surface area contributed by atoms with Gasteiger partial charge in [-0.05, 0) is 50.6 Å². The molecule has 3 rings (SSSR count). The summed E-state index contributed by atoms with van der Waals surface area (Å²) < 4.78 is 5.32. The van der Waals surface area contributed by atoms with E-state index in [1.807, 2.05) is 12.1 Å². The van der Waals surface area contributed by atoms with Crippen LogP contribution in [0.3, 0.4) is 0 Å². The van der Waals surface area contributed by atoms with Gasteiger partial charge in [-0.1, -0.05) is 6.07 Å². The molecule has 5 nitrogen and oxygen atoms in total. The highest BCUT2D eigenvalue weighted by atomic mass is 16.5. The van der Waals surface area contributed by atoms with Crippen molar-refractivity contribution in [1.82, 2.24) is 15.1 Å².